The average molecular weight is 401 g/mol. The molecule has 0 unspecified atom stereocenters. The fraction of sp³-hybridized carbons (Fsp3) is 0.190. The van der Waals surface area contributed by atoms with Gasteiger partial charge in [0.15, 0.2) is 5.78 Å². The third-order valence-electron chi connectivity index (χ3n) is 3.77. The molecule has 2 aromatic carbocycles. The fourth-order valence-corrected chi connectivity index (χ4v) is 2.68. The highest BCUT2D eigenvalue weighted by Gasteiger charge is 2.15. The Morgan fingerprint density at radius 3 is 2.04 bits per heavy atom. The van der Waals surface area contributed by atoms with Crippen LogP contribution in [0.15, 0.2) is 60.7 Å². The summed E-state index contributed by atoms with van der Waals surface area (Å²) in [6.07, 6.45) is 6.27. The first-order valence-electron chi connectivity index (χ1n) is 8.57. The van der Waals surface area contributed by atoms with Gasteiger partial charge in [-0.05, 0) is 47.5 Å². The van der Waals surface area contributed by atoms with Gasteiger partial charge >= 0.3 is 10.3 Å². The molecule has 0 aliphatic carbocycles. The van der Waals surface area contributed by atoms with Gasteiger partial charge in [-0.15, -0.1) is 0 Å². The molecule has 0 heterocycles. The predicted octanol–water partition coefficient (Wildman–Crippen LogP) is 3.23. The van der Waals surface area contributed by atoms with Gasteiger partial charge in [-0.3, -0.25) is 4.79 Å². The molecule has 0 atom stereocenters. The largest absolute Gasteiger partial charge is 0.384 e. The first-order chi connectivity index (χ1) is 13.2. The molecular formula is C21H24N2O4S. The molecule has 0 aliphatic heterocycles. The summed E-state index contributed by atoms with van der Waals surface area (Å²) in [4.78, 5) is 14.1. The van der Waals surface area contributed by atoms with E-state index in [-0.39, 0.29) is 11.5 Å². The normalized spacial score (nSPS) is 12.0. The van der Waals surface area contributed by atoms with Crippen LogP contribution >= 0.6 is 0 Å². The minimum absolute atomic E-state index is 0.178. The second-order valence-electron chi connectivity index (χ2n) is 6.45. The van der Waals surface area contributed by atoms with Gasteiger partial charge in [0.25, 0.3) is 0 Å². The average Bonchev–Trinajstić information content (AvgIpc) is 2.64. The lowest BCUT2D eigenvalue weighted by molar-refractivity contribution is -0.110. The zero-order chi connectivity index (χ0) is 20.7. The van der Waals surface area contributed by atoms with Crippen molar-refractivity contribution in [3.63, 3.8) is 0 Å². The number of anilines is 1. The van der Waals surface area contributed by atoms with E-state index in [9.17, 15) is 13.2 Å². The quantitative estimate of drug-likeness (QED) is 0.637. The highest BCUT2D eigenvalue weighted by atomic mass is 32.2. The highest BCUT2D eigenvalue weighted by molar-refractivity contribution is 7.84. The van der Waals surface area contributed by atoms with E-state index in [1.165, 1.54) is 32.3 Å². The number of benzene rings is 2. The maximum Gasteiger partial charge on any atom is 0.384 e. The number of ketones is 1. The molecule has 0 bridgehead atoms. The first-order valence-corrected chi connectivity index (χ1v) is 9.93. The van der Waals surface area contributed by atoms with Crippen molar-refractivity contribution >= 4 is 33.9 Å². The molecule has 7 heteroatoms. The van der Waals surface area contributed by atoms with E-state index in [1.807, 2.05) is 43.3 Å². The van der Waals surface area contributed by atoms with E-state index >= 15 is 0 Å². The van der Waals surface area contributed by atoms with E-state index in [1.54, 1.807) is 30.4 Å². The minimum atomic E-state index is -3.82. The van der Waals surface area contributed by atoms with Crippen LogP contribution in [0.4, 0.5) is 5.69 Å². The smallest absolute Gasteiger partial charge is 0.378 e. The lowest BCUT2D eigenvalue weighted by Gasteiger charge is -2.12. The zero-order valence-electron chi connectivity index (χ0n) is 16.4. The standard InChI is InChI=1S/C21H24N2O4S/c1-22(2)19-9-5-7-17(15-19)11-13-20(24)14-12-18-8-6-10-21(16-18)27-28(25,26)23(3)4/h5-16H,1-4H3/b13-11+,14-12+. The summed E-state index contributed by atoms with van der Waals surface area (Å²) >= 11 is 0. The summed E-state index contributed by atoms with van der Waals surface area (Å²) in [5.74, 6) is 0.00170. The van der Waals surface area contributed by atoms with Gasteiger partial charge in [0, 0.05) is 33.9 Å². The summed E-state index contributed by atoms with van der Waals surface area (Å²) in [5, 5.41) is 0. The Hall–Kier alpha value is -2.90. The maximum atomic E-state index is 12.1. The van der Waals surface area contributed by atoms with Crippen molar-refractivity contribution in [2.75, 3.05) is 33.1 Å². The van der Waals surface area contributed by atoms with Crippen molar-refractivity contribution < 1.29 is 17.4 Å². The van der Waals surface area contributed by atoms with Crippen LogP contribution in [0.25, 0.3) is 12.2 Å². The lowest BCUT2D eigenvalue weighted by atomic mass is 10.1. The number of rotatable bonds is 8. The summed E-state index contributed by atoms with van der Waals surface area (Å²) < 4.78 is 29.6. The van der Waals surface area contributed by atoms with Crippen LogP contribution in [0, 0.1) is 0 Å². The van der Waals surface area contributed by atoms with Crippen molar-refractivity contribution in [2.24, 2.45) is 0 Å². The van der Waals surface area contributed by atoms with Gasteiger partial charge in [0.2, 0.25) is 0 Å². The molecule has 0 amide bonds. The summed E-state index contributed by atoms with van der Waals surface area (Å²) in [6, 6.07) is 14.3. The van der Waals surface area contributed by atoms with Crippen molar-refractivity contribution in [2.45, 2.75) is 0 Å². The number of nitrogens with zero attached hydrogens (tertiary/aromatic N) is 2. The topological polar surface area (TPSA) is 66.9 Å². The fourth-order valence-electron chi connectivity index (χ4n) is 2.19. The predicted molar refractivity (Wildman–Crippen MR) is 114 cm³/mol. The molecular weight excluding hydrogens is 376 g/mol. The molecule has 0 saturated carbocycles. The third-order valence-corrected chi connectivity index (χ3v) is 5.07. The Labute approximate surface area is 166 Å². The number of hydrogen-bond donors (Lipinski definition) is 0. The van der Waals surface area contributed by atoms with Crippen LogP contribution in [0.3, 0.4) is 0 Å². The van der Waals surface area contributed by atoms with Crippen LogP contribution in [-0.2, 0) is 15.1 Å². The van der Waals surface area contributed by atoms with Gasteiger partial charge < -0.3 is 9.08 Å². The third kappa shape index (κ3) is 6.37. The zero-order valence-corrected chi connectivity index (χ0v) is 17.2. The molecule has 6 nitrogen and oxygen atoms in total. The van der Waals surface area contributed by atoms with Crippen molar-refractivity contribution in [3.05, 3.63) is 71.8 Å². The van der Waals surface area contributed by atoms with Crippen molar-refractivity contribution in [1.29, 1.82) is 0 Å². The molecule has 0 N–H and O–H groups in total. The molecule has 0 spiro atoms. The number of carbonyl (C=O) groups is 1. The molecule has 148 valence electrons. The van der Waals surface area contributed by atoms with Crippen LogP contribution in [-0.4, -0.2) is 46.7 Å². The Balaban J connectivity index is 2.06. The Morgan fingerprint density at radius 1 is 0.893 bits per heavy atom. The molecule has 0 saturated heterocycles. The minimum Gasteiger partial charge on any atom is -0.378 e. The van der Waals surface area contributed by atoms with Gasteiger partial charge in [0.05, 0.1) is 0 Å². The molecule has 2 aromatic rings. The first kappa shape index (κ1) is 21.4. The monoisotopic (exact) mass is 400 g/mol. The number of hydrogen-bond acceptors (Lipinski definition) is 5. The van der Waals surface area contributed by atoms with Crippen LogP contribution in [0.2, 0.25) is 0 Å². The summed E-state index contributed by atoms with van der Waals surface area (Å²) in [5.41, 5.74) is 2.63. The van der Waals surface area contributed by atoms with Gasteiger partial charge in [-0.25, -0.2) is 0 Å². The SMILES string of the molecule is CN(C)c1cccc(/C=C/C(=O)/C=C/c2cccc(OS(=O)(=O)N(C)C)c2)c1. The van der Waals surface area contributed by atoms with Crippen molar-refractivity contribution in [1.82, 2.24) is 4.31 Å². The van der Waals surface area contributed by atoms with E-state index in [0.29, 0.717) is 5.56 Å². The lowest BCUT2D eigenvalue weighted by Crippen LogP contribution is -2.27. The van der Waals surface area contributed by atoms with Gasteiger partial charge in [-0.1, -0.05) is 36.4 Å². The molecule has 28 heavy (non-hydrogen) atoms. The van der Waals surface area contributed by atoms with Crippen LogP contribution < -0.4 is 9.08 Å². The van der Waals surface area contributed by atoms with E-state index in [2.05, 4.69) is 0 Å². The molecule has 2 rings (SSSR count). The number of allylic oxidation sites excluding steroid dienone is 2. The number of carbonyl (C=O) groups excluding carboxylic acids is 1. The van der Waals surface area contributed by atoms with Crippen molar-refractivity contribution in [3.8, 4) is 5.75 Å². The van der Waals surface area contributed by atoms with Gasteiger partial charge in [0.1, 0.15) is 5.75 Å². The molecule has 0 radical (unpaired) electrons. The summed E-state index contributed by atoms with van der Waals surface area (Å²) in [7, 11) is 2.87. The Morgan fingerprint density at radius 2 is 1.46 bits per heavy atom. The van der Waals surface area contributed by atoms with E-state index in [4.69, 9.17) is 4.18 Å². The second kappa shape index (κ2) is 9.34. The molecule has 0 aliphatic rings. The second-order valence-corrected chi connectivity index (χ2v) is 8.21. The van der Waals surface area contributed by atoms with Crippen LogP contribution in [0.5, 0.6) is 5.75 Å². The maximum absolute atomic E-state index is 12.1. The molecule has 0 fully saturated rings. The summed E-state index contributed by atoms with van der Waals surface area (Å²) in [6.45, 7) is 0. The van der Waals surface area contributed by atoms with Gasteiger partial charge in [-0.2, -0.15) is 12.7 Å². The van der Waals surface area contributed by atoms with Crippen LogP contribution in [0.1, 0.15) is 11.1 Å². The molecule has 0 aromatic heterocycles. The highest BCUT2D eigenvalue weighted by Crippen LogP contribution is 2.18. The van der Waals surface area contributed by atoms with E-state index < -0.39 is 10.3 Å². The Kier molecular flexibility index (Phi) is 7.14. The van der Waals surface area contributed by atoms with E-state index in [0.717, 1.165) is 15.6 Å². The Bertz CT molecular complexity index is 993.